The lowest BCUT2D eigenvalue weighted by Crippen LogP contribution is -2.33. The average molecular weight is 329 g/mol. The van der Waals surface area contributed by atoms with Crippen molar-refractivity contribution in [1.82, 2.24) is 4.72 Å². The number of aliphatic hydroxyl groups is 1. The number of sulfonamides is 1. The molecule has 7 heteroatoms. The quantitative estimate of drug-likeness (QED) is 0.885. The zero-order valence-electron chi connectivity index (χ0n) is 11.4. The molecule has 0 radical (unpaired) electrons. The first-order valence-electron chi connectivity index (χ1n) is 6.80. The van der Waals surface area contributed by atoms with E-state index in [9.17, 15) is 13.5 Å². The molecule has 1 fully saturated rings. The topological polar surface area (TPSA) is 90.2 Å². The van der Waals surface area contributed by atoms with Gasteiger partial charge in [0.15, 0.2) is 0 Å². The molecule has 1 aromatic rings. The van der Waals surface area contributed by atoms with Crippen LogP contribution in [0.25, 0.3) is 0 Å². The summed E-state index contributed by atoms with van der Waals surface area (Å²) in [5.74, 6) is 0.126. The third-order valence-electron chi connectivity index (χ3n) is 3.67. The summed E-state index contributed by atoms with van der Waals surface area (Å²) < 4.78 is 27.1. The zero-order valence-corrected chi connectivity index (χ0v) is 13.0. The van der Waals surface area contributed by atoms with Crippen molar-refractivity contribution in [1.29, 1.82) is 5.26 Å². The summed E-state index contributed by atoms with van der Waals surface area (Å²) in [6, 6.07) is 5.96. The van der Waals surface area contributed by atoms with Gasteiger partial charge in [0.05, 0.1) is 16.6 Å². The standard InChI is InChI=1S/C14H17ClN2O3S/c15-12-4-5-14(11(7-12)8-16)21(19,20)17-9-10-2-1-3-13(18)6-10/h4-5,7,10,13,17-18H,1-3,6,9H2. The van der Waals surface area contributed by atoms with Gasteiger partial charge in [-0.05, 0) is 43.4 Å². The first-order valence-corrected chi connectivity index (χ1v) is 8.66. The molecule has 2 N–H and O–H groups in total. The summed E-state index contributed by atoms with van der Waals surface area (Å²) in [5.41, 5.74) is 0.0266. The van der Waals surface area contributed by atoms with Gasteiger partial charge in [0.1, 0.15) is 6.07 Å². The van der Waals surface area contributed by atoms with Crippen LogP contribution >= 0.6 is 11.6 Å². The SMILES string of the molecule is N#Cc1cc(Cl)ccc1S(=O)(=O)NCC1CCCC(O)C1. The van der Waals surface area contributed by atoms with Crippen LogP contribution in [0.3, 0.4) is 0 Å². The molecule has 0 spiro atoms. The number of rotatable bonds is 4. The lowest BCUT2D eigenvalue weighted by molar-refractivity contribution is 0.102. The van der Waals surface area contributed by atoms with Crippen molar-refractivity contribution < 1.29 is 13.5 Å². The van der Waals surface area contributed by atoms with Crippen molar-refractivity contribution in [3.63, 3.8) is 0 Å². The molecule has 21 heavy (non-hydrogen) atoms. The van der Waals surface area contributed by atoms with Crippen LogP contribution in [0, 0.1) is 17.2 Å². The summed E-state index contributed by atoms with van der Waals surface area (Å²) in [6.45, 7) is 0.271. The van der Waals surface area contributed by atoms with Gasteiger partial charge in [0.25, 0.3) is 0 Å². The molecule has 0 heterocycles. The normalized spacial score (nSPS) is 22.7. The van der Waals surface area contributed by atoms with E-state index >= 15 is 0 Å². The monoisotopic (exact) mass is 328 g/mol. The van der Waals surface area contributed by atoms with E-state index in [1.54, 1.807) is 0 Å². The number of nitriles is 1. The molecule has 0 aliphatic heterocycles. The Labute approximate surface area is 129 Å². The molecule has 1 aromatic carbocycles. The fourth-order valence-electron chi connectivity index (χ4n) is 2.58. The van der Waals surface area contributed by atoms with Crippen molar-refractivity contribution in [2.45, 2.75) is 36.7 Å². The van der Waals surface area contributed by atoms with Crippen molar-refractivity contribution in [3.8, 4) is 6.07 Å². The number of benzene rings is 1. The Balaban J connectivity index is 2.10. The first kappa shape index (κ1) is 16.2. The van der Waals surface area contributed by atoms with E-state index in [0.29, 0.717) is 11.4 Å². The highest BCUT2D eigenvalue weighted by Crippen LogP contribution is 2.25. The summed E-state index contributed by atoms with van der Waals surface area (Å²) in [7, 11) is -3.75. The Hall–Kier alpha value is -1.13. The number of nitrogens with one attached hydrogen (secondary N) is 1. The molecule has 2 unspecified atom stereocenters. The molecule has 1 aliphatic rings. The molecule has 1 aliphatic carbocycles. The summed E-state index contributed by atoms with van der Waals surface area (Å²) in [6.07, 6.45) is 2.83. The second-order valence-electron chi connectivity index (χ2n) is 5.29. The molecule has 2 rings (SSSR count). The Bertz CT molecular complexity index is 655. The minimum atomic E-state index is -3.75. The van der Waals surface area contributed by atoms with E-state index in [1.807, 2.05) is 6.07 Å². The van der Waals surface area contributed by atoms with Gasteiger partial charge in [-0.1, -0.05) is 18.0 Å². The maximum Gasteiger partial charge on any atom is 0.241 e. The van der Waals surface area contributed by atoms with Gasteiger partial charge >= 0.3 is 0 Å². The zero-order chi connectivity index (χ0) is 15.5. The number of aliphatic hydroxyl groups excluding tert-OH is 1. The van der Waals surface area contributed by atoms with Gasteiger partial charge in [0.2, 0.25) is 10.0 Å². The van der Waals surface area contributed by atoms with E-state index in [0.717, 1.165) is 19.3 Å². The largest absolute Gasteiger partial charge is 0.393 e. The molecule has 2 atom stereocenters. The molecular formula is C14H17ClN2O3S. The molecule has 0 amide bonds. The highest BCUT2D eigenvalue weighted by molar-refractivity contribution is 7.89. The van der Waals surface area contributed by atoms with Crippen LogP contribution in [0.1, 0.15) is 31.2 Å². The molecule has 1 saturated carbocycles. The third kappa shape index (κ3) is 4.17. The second-order valence-corrected chi connectivity index (χ2v) is 7.46. The third-order valence-corrected chi connectivity index (χ3v) is 5.39. The smallest absolute Gasteiger partial charge is 0.241 e. The second kappa shape index (κ2) is 6.75. The minimum Gasteiger partial charge on any atom is -0.393 e. The predicted octanol–water partition coefficient (Wildman–Crippen LogP) is 2.04. The number of nitrogens with zero attached hydrogens (tertiary/aromatic N) is 1. The van der Waals surface area contributed by atoms with Crippen LogP contribution in [0.2, 0.25) is 5.02 Å². The predicted molar refractivity (Wildman–Crippen MR) is 79.3 cm³/mol. The lowest BCUT2D eigenvalue weighted by atomic mass is 9.87. The number of hydrogen-bond donors (Lipinski definition) is 2. The van der Waals surface area contributed by atoms with E-state index in [-0.39, 0.29) is 29.0 Å². The molecular weight excluding hydrogens is 312 g/mol. The first-order chi connectivity index (χ1) is 9.92. The Morgan fingerprint density at radius 1 is 1.43 bits per heavy atom. The van der Waals surface area contributed by atoms with Gasteiger partial charge in [-0.2, -0.15) is 5.26 Å². The molecule has 0 bridgehead atoms. The van der Waals surface area contributed by atoms with Crippen LogP contribution in [-0.2, 0) is 10.0 Å². The van der Waals surface area contributed by atoms with E-state index in [4.69, 9.17) is 16.9 Å². The fourth-order valence-corrected chi connectivity index (χ4v) is 4.00. The molecule has 114 valence electrons. The van der Waals surface area contributed by atoms with Gasteiger partial charge in [-0.15, -0.1) is 0 Å². The maximum absolute atomic E-state index is 12.3. The lowest BCUT2D eigenvalue weighted by Gasteiger charge is -2.25. The van der Waals surface area contributed by atoms with Gasteiger partial charge in [0, 0.05) is 11.6 Å². The van der Waals surface area contributed by atoms with E-state index in [1.165, 1.54) is 18.2 Å². The summed E-state index contributed by atoms with van der Waals surface area (Å²) >= 11 is 5.77. The molecule has 0 saturated heterocycles. The van der Waals surface area contributed by atoms with Crippen molar-refractivity contribution in [2.75, 3.05) is 6.54 Å². The van der Waals surface area contributed by atoms with Crippen LogP contribution < -0.4 is 4.72 Å². The average Bonchev–Trinajstić information content (AvgIpc) is 2.45. The Morgan fingerprint density at radius 2 is 2.19 bits per heavy atom. The van der Waals surface area contributed by atoms with E-state index < -0.39 is 10.0 Å². The highest BCUT2D eigenvalue weighted by Gasteiger charge is 2.24. The molecule has 5 nitrogen and oxygen atoms in total. The Kier molecular flexibility index (Phi) is 5.22. The highest BCUT2D eigenvalue weighted by atomic mass is 35.5. The van der Waals surface area contributed by atoms with Gasteiger partial charge in [-0.3, -0.25) is 0 Å². The van der Waals surface area contributed by atoms with Crippen LogP contribution in [0.5, 0.6) is 0 Å². The van der Waals surface area contributed by atoms with Crippen molar-refractivity contribution >= 4 is 21.6 Å². The number of halogens is 1. The van der Waals surface area contributed by atoms with E-state index in [2.05, 4.69) is 4.72 Å². The Morgan fingerprint density at radius 3 is 2.86 bits per heavy atom. The van der Waals surface area contributed by atoms with Crippen molar-refractivity contribution in [2.24, 2.45) is 5.92 Å². The van der Waals surface area contributed by atoms with Crippen LogP contribution in [0.15, 0.2) is 23.1 Å². The molecule has 0 aromatic heterocycles. The van der Waals surface area contributed by atoms with Gasteiger partial charge in [-0.25, -0.2) is 13.1 Å². The van der Waals surface area contributed by atoms with Crippen LogP contribution in [0.4, 0.5) is 0 Å². The minimum absolute atomic E-state index is 0.0266. The maximum atomic E-state index is 12.3. The fraction of sp³-hybridized carbons (Fsp3) is 0.500. The van der Waals surface area contributed by atoms with Crippen LogP contribution in [-0.4, -0.2) is 26.2 Å². The van der Waals surface area contributed by atoms with Gasteiger partial charge < -0.3 is 5.11 Å². The number of hydrogen-bond acceptors (Lipinski definition) is 4. The summed E-state index contributed by atoms with van der Waals surface area (Å²) in [5, 5.41) is 18.9. The van der Waals surface area contributed by atoms with Crippen molar-refractivity contribution in [3.05, 3.63) is 28.8 Å². The summed E-state index contributed by atoms with van der Waals surface area (Å²) in [4.78, 5) is -0.0641.